The Hall–Kier alpha value is -3.65. The number of nitrogens with one attached hydrogen (secondary N) is 1. The van der Waals surface area contributed by atoms with Crippen molar-refractivity contribution < 1.29 is 19.1 Å². The first kappa shape index (κ1) is 20.3. The smallest absolute Gasteiger partial charge is 0.224 e. The molecule has 0 unspecified atom stereocenters. The lowest BCUT2D eigenvalue weighted by atomic mass is 10.1. The Bertz CT molecular complexity index is 1250. The Morgan fingerprint density at radius 1 is 1.03 bits per heavy atom. The van der Waals surface area contributed by atoms with Gasteiger partial charge in [0.2, 0.25) is 5.91 Å². The minimum absolute atomic E-state index is 0.104. The van der Waals surface area contributed by atoms with Gasteiger partial charge in [0.1, 0.15) is 0 Å². The van der Waals surface area contributed by atoms with Crippen LogP contribution in [0, 0.1) is 0 Å². The van der Waals surface area contributed by atoms with E-state index in [1.54, 1.807) is 29.5 Å². The molecule has 1 N–H and O–H groups in total. The van der Waals surface area contributed by atoms with Crippen molar-refractivity contribution in [2.75, 3.05) is 18.5 Å². The van der Waals surface area contributed by atoms with Crippen LogP contribution >= 0.6 is 11.3 Å². The molecule has 0 saturated carbocycles. The predicted molar refractivity (Wildman–Crippen MR) is 123 cm³/mol. The van der Waals surface area contributed by atoms with Crippen LogP contribution in [0.4, 0.5) is 5.69 Å². The Balaban J connectivity index is 1.16. The molecule has 32 heavy (non-hydrogen) atoms. The van der Waals surface area contributed by atoms with Crippen molar-refractivity contribution in [3.63, 3.8) is 0 Å². The number of carbonyl (C=O) groups excluding carboxylic acids is 2. The van der Waals surface area contributed by atoms with Crippen LogP contribution in [-0.4, -0.2) is 34.3 Å². The maximum absolute atomic E-state index is 12.5. The van der Waals surface area contributed by atoms with Crippen LogP contribution in [0.2, 0.25) is 0 Å². The second kappa shape index (κ2) is 8.84. The van der Waals surface area contributed by atoms with Crippen LogP contribution in [-0.2, 0) is 4.79 Å². The van der Waals surface area contributed by atoms with E-state index in [0.717, 1.165) is 22.6 Å². The van der Waals surface area contributed by atoms with Crippen molar-refractivity contribution in [2.24, 2.45) is 0 Å². The van der Waals surface area contributed by atoms with E-state index in [0.29, 0.717) is 36.0 Å². The molecule has 0 fully saturated rings. The summed E-state index contributed by atoms with van der Waals surface area (Å²) in [4.78, 5) is 30.4. The van der Waals surface area contributed by atoms with Crippen LogP contribution in [0.5, 0.6) is 11.5 Å². The molecule has 0 saturated heterocycles. The summed E-state index contributed by atoms with van der Waals surface area (Å²) in [6.45, 7) is 1.16. The summed E-state index contributed by atoms with van der Waals surface area (Å²) in [5.74, 6) is 0.917. The van der Waals surface area contributed by atoms with Gasteiger partial charge < -0.3 is 14.8 Å². The van der Waals surface area contributed by atoms with E-state index in [2.05, 4.69) is 10.3 Å². The second-order valence-corrected chi connectivity index (χ2v) is 8.35. The first-order valence-corrected chi connectivity index (χ1v) is 11.3. The monoisotopic (exact) mass is 447 g/mol. The minimum Gasteiger partial charge on any atom is -0.490 e. The normalized spacial score (nSPS) is 13.0. The Morgan fingerprint density at radius 3 is 2.66 bits per heavy atom. The number of thiazole rings is 1. The first-order valence-electron chi connectivity index (χ1n) is 10.4. The third-order valence-corrected chi connectivity index (χ3v) is 5.98. The van der Waals surface area contributed by atoms with Gasteiger partial charge in [0.15, 0.2) is 22.2 Å². The molecule has 0 aliphatic carbocycles. The first-order chi connectivity index (χ1) is 15.7. The molecule has 0 spiro atoms. The zero-order chi connectivity index (χ0) is 21.9. The summed E-state index contributed by atoms with van der Waals surface area (Å²) < 4.78 is 13.2. The molecular weight excluding hydrogens is 426 g/mol. The average molecular weight is 448 g/mol. The minimum atomic E-state index is -0.206. The summed E-state index contributed by atoms with van der Waals surface area (Å²) in [7, 11) is 0. The number of hydrogen-bond acceptors (Lipinski definition) is 6. The average Bonchev–Trinajstić information content (AvgIpc) is 3.33. The molecule has 7 nitrogen and oxygen atoms in total. The molecule has 2 aromatic carbocycles. The van der Waals surface area contributed by atoms with Crippen molar-refractivity contribution >= 4 is 33.7 Å². The van der Waals surface area contributed by atoms with Gasteiger partial charge in [-0.05, 0) is 30.3 Å². The van der Waals surface area contributed by atoms with Crippen molar-refractivity contribution in [3.05, 3.63) is 65.8 Å². The van der Waals surface area contributed by atoms with E-state index in [9.17, 15) is 9.59 Å². The molecule has 4 aromatic rings. The maximum Gasteiger partial charge on any atom is 0.224 e. The van der Waals surface area contributed by atoms with Gasteiger partial charge in [-0.25, -0.2) is 4.98 Å². The Morgan fingerprint density at radius 2 is 1.84 bits per heavy atom. The molecule has 162 valence electrons. The highest BCUT2D eigenvalue weighted by Crippen LogP contribution is 2.31. The zero-order valence-corrected chi connectivity index (χ0v) is 18.1. The van der Waals surface area contributed by atoms with Crippen LogP contribution in [0.1, 0.15) is 29.6 Å². The number of amides is 1. The molecule has 0 atom stereocenters. The van der Waals surface area contributed by atoms with Crippen LogP contribution < -0.4 is 14.8 Å². The molecule has 0 bridgehead atoms. The number of aromatic nitrogens is 2. The predicted octanol–water partition coefficient (Wildman–Crippen LogP) is 4.83. The number of carbonyl (C=O) groups is 2. The fourth-order valence-corrected chi connectivity index (χ4v) is 4.22. The van der Waals surface area contributed by atoms with Gasteiger partial charge in [-0.2, -0.15) is 0 Å². The summed E-state index contributed by atoms with van der Waals surface area (Å²) >= 11 is 1.58. The van der Waals surface area contributed by atoms with Gasteiger partial charge in [-0.15, -0.1) is 11.3 Å². The van der Waals surface area contributed by atoms with Gasteiger partial charge >= 0.3 is 0 Å². The van der Waals surface area contributed by atoms with Gasteiger partial charge in [0.05, 0.1) is 18.9 Å². The fraction of sp³-hybridized carbons (Fsp3) is 0.208. The van der Waals surface area contributed by atoms with Gasteiger partial charge in [0.25, 0.3) is 0 Å². The van der Waals surface area contributed by atoms with Crippen LogP contribution in [0.3, 0.4) is 0 Å². The molecular formula is C24H21N3O4S. The number of anilines is 1. The third-order valence-electron chi connectivity index (χ3n) is 5.21. The highest BCUT2D eigenvalue weighted by atomic mass is 32.1. The lowest BCUT2D eigenvalue weighted by Gasteiger charge is -2.09. The highest BCUT2D eigenvalue weighted by molar-refractivity contribution is 7.15. The van der Waals surface area contributed by atoms with E-state index in [1.165, 1.54) is 0 Å². The quantitative estimate of drug-likeness (QED) is 0.428. The largest absolute Gasteiger partial charge is 0.490 e. The van der Waals surface area contributed by atoms with E-state index in [4.69, 9.17) is 9.47 Å². The zero-order valence-electron chi connectivity index (χ0n) is 17.2. The summed E-state index contributed by atoms with van der Waals surface area (Å²) in [5.41, 5.74) is 3.06. The molecule has 5 rings (SSSR count). The number of rotatable bonds is 6. The fourth-order valence-electron chi connectivity index (χ4n) is 3.52. The third kappa shape index (κ3) is 4.36. The Labute approximate surface area is 188 Å². The van der Waals surface area contributed by atoms with E-state index in [-0.39, 0.29) is 24.5 Å². The van der Waals surface area contributed by atoms with E-state index < -0.39 is 0 Å². The molecule has 2 aromatic heterocycles. The molecule has 1 aliphatic heterocycles. The number of ketones is 1. The molecule has 8 heteroatoms. The lowest BCUT2D eigenvalue weighted by molar-refractivity contribution is -0.116. The number of ether oxygens (including phenoxy) is 2. The highest BCUT2D eigenvalue weighted by Gasteiger charge is 2.15. The second-order valence-electron chi connectivity index (χ2n) is 7.48. The van der Waals surface area contributed by atoms with Crippen molar-refractivity contribution in [1.82, 2.24) is 9.38 Å². The van der Waals surface area contributed by atoms with E-state index in [1.807, 2.05) is 46.4 Å². The summed E-state index contributed by atoms with van der Waals surface area (Å²) in [6.07, 6.45) is 4.98. The molecule has 0 radical (unpaired) electrons. The Kier molecular flexibility index (Phi) is 5.60. The van der Waals surface area contributed by atoms with Gasteiger partial charge in [-0.1, -0.05) is 12.1 Å². The summed E-state index contributed by atoms with van der Waals surface area (Å²) in [5, 5.41) is 4.84. The standard InChI is InChI=1S/C24H21N3O4S/c28-20(17-4-8-21-22(14-17)31-12-1-11-30-21)7-9-23(29)25-18-5-2-16(3-6-18)19-15-27-10-13-32-24(27)26-19/h2-6,8,10,13-15H,1,7,9,11-12H2,(H,25,29). The van der Waals surface area contributed by atoms with Crippen molar-refractivity contribution in [1.29, 1.82) is 0 Å². The van der Waals surface area contributed by atoms with Crippen molar-refractivity contribution in [3.8, 4) is 22.8 Å². The lowest BCUT2D eigenvalue weighted by Crippen LogP contribution is -2.13. The van der Waals surface area contributed by atoms with E-state index >= 15 is 0 Å². The van der Waals surface area contributed by atoms with Crippen LogP contribution in [0.15, 0.2) is 60.2 Å². The summed E-state index contributed by atoms with van der Waals surface area (Å²) in [6, 6.07) is 12.7. The van der Waals surface area contributed by atoms with Gasteiger partial charge in [0, 0.05) is 53.9 Å². The number of Topliss-reactive ketones (excluding diaryl/α,β-unsaturated/α-hetero) is 1. The number of benzene rings is 2. The molecule has 1 aliphatic rings. The molecule has 1 amide bonds. The number of hydrogen-bond donors (Lipinski definition) is 1. The number of nitrogens with zero attached hydrogens (tertiary/aromatic N) is 2. The van der Waals surface area contributed by atoms with Crippen LogP contribution in [0.25, 0.3) is 16.2 Å². The van der Waals surface area contributed by atoms with Crippen molar-refractivity contribution in [2.45, 2.75) is 19.3 Å². The SMILES string of the molecule is O=C(CCC(=O)c1ccc2c(c1)OCCCO2)Nc1ccc(-c2cn3ccsc3n2)cc1. The number of imidazole rings is 1. The molecule has 3 heterocycles. The topological polar surface area (TPSA) is 81.9 Å². The maximum atomic E-state index is 12.5. The number of fused-ring (bicyclic) bond motifs is 2. The van der Waals surface area contributed by atoms with Gasteiger partial charge in [-0.3, -0.25) is 14.0 Å².